The number of nitrogens with one attached hydrogen (secondary N) is 3. The smallest absolute Gasteiger partial charge is 0.319 e. The summed E-state index contributed by atoms with van der Waals surface area (Å²) in [5, 5.41) is 11.7. The van der Waals surface area contributed by atoms with Gasteiger partial charge in [-0.05, 0) is 26.0 Å². The van der Waals surface area contributed by atoms with Gasteiger partial charge in [0.2, 0.25) is 0 Å². The van der Waals surface area contributed by atoms with Crippen LogP contribution in [0.5, 0.6) is 0 Å². The first-order chi connectivity index (χ1) is 8.15. The van der Waals surface area contributed by atoms with Gasteiger partial charge in [0.05, 0.1) is 17.9 Å². The Kier molecular flexibility index (Phi) is 3.13. The fourth-order valence-corrected chi connectivity index (χ4v) is 1.44. The van der Waals surface area contributed by atoms with Crippen molar-refractivity contribution < 1.29 is 9.21 Å². The molecule has 1 atom stereocenters. The minimum Gasteiger partial charge on any atom is -0.464 e. The van der Waals surface area contributed by atoms with E-state index in [1.165, 1.54) is 6.20 Å². The number of amides is 2. The summed E-state index contributed by atoms with van der Waals surface area (Å²) in [7, 11) is 0. The van der Waals surface area contributed by atoms with Crippen LogP contribution in [0.15, 0.2) is 28.9 Å². The molecule has 2 aromatic rings. The Bertz CT molecular complexity index is 489. The molecule has 0 aromatic carbocycles. The predicted molar refractivity (Wildman–Crippen MR) is 62.6 cm³/mol. The van der Waals surface area contributed by atoms with Gasteiger partial charge in [0, 0.05) is 6.20 Å². The summed E-state index contributed by atoms with van der Waals surface area (Å²) < 4.78 is 5.42. The number of hydrogen-bond donors (Lipinski definition) is 3. The SMILES string of the molecule is Cc1ccc(C(C)NC(=O)Nc2cn[nH]c2)o1. The molecule has 3 N–H and O–H groups in total. The number of carbonyl (C=O) groups is 1. The van der Waals surface area contributed by atoms with Crippen molar-refractivity contribution in [1.82, 2.24) is 15.5 Å². The van der Waals surface area contributed by atoms with Crippen LogP contribution in [0.2, 0.25) is 0 Å². The second kappa shape index (κ2) is 4.73. The maximum Gasteiger partial charge on any atom is 0.319 e. The lowest BCUT2D eigenvalue weighted by molar-refractivity contribution is 0.247. The molecule has 17 heavy (non-hydrogen) atoms. The van der Waals surface area contributed by atoms with Gasteiger partial charge in [-0.25, -0.2) is 4.79 Å². The molecule has 90 valence electrons. The van der Waals surface area contributed by atoms with Crippen LogP contribution >= 0.6 is 0 Å². The molecule has 2 amide bonds. The zero-order valence-corrected chi connectivity index (χ0v) is 9.65. The number of carbonyl (C=O) groups excluding carboxylic acids is 1. The summed E-state index contributed by atoms with van der Waals surface area (Å²) in [5.41, 5.74) is 0.616. The fraction of sp³-hybridized carbons (Fsp3) is 0.273. The third-order valence-corrected chi connectivity index (χ3v) is 2.29. The molecule has 6 heteroatoms. The first kappa shape index (κ1) is 11.3. The number of urea groups is 1. The van der Waals surface area contributed by atoms with Gasteiger partial charge in [-0.15, -0.1) is 0 Å². The van der Waals surface area contributed by atoms with Crippen molar-refractivity contribution >= 4 is 11.7 Å². The van der Waals surface area contributed by atoms with Crippen molar-refractivity contribution in [2.45, 2.75) is 19.9 Å². The Labute approximate surface area is 98.4 Å². The Morgan fingerprint density at radius 1 is 1.53 bits per heavy atom. The molecule has 0 aliphatic heterocycles. The molecule has 0 fully saturated rings. The van der Waals surface area contributed by atoms with Crippen LogP contribution in [0.3, 0.4) is 0 Å². The van der Waals surface area contributed by atoms with E-state index >= 15 is 0 Å². The molecule has 0 radical (unpaired) electrons. The molecule has 0 spiro atoms. The number of aromatic amines is 1. The standard InChI is InChI=1S/C11H14N4O2/c1-7-3-4-10(17-7)8(2)14-11(16)15-9-5-12-13-6-9/h3-6,8H,1-2H3,(H,12,13)(H2,14,15,16). The van der Waals surface area contributed by atoms with Crippen molar-refractivity contribution in [2.24, 2.45) is 0 Å². The van der Waals surface area contributed by atoms with Crippen LogP contribution in [-0.2, 0) is 0 Å². The number of nitrogens with zero attached hydrogens (tertiary/aromatic N) is 1. The molecule has 2 aromatic heterocycles. The van der Waals surface area contributed by atoms with Crippen molar-refractivity contribution in [2.75, 3.05) is 5.32 Å². The number of H-pyrrole nitrogens is 1. The topological polar surface area (TPSA) is 83.0 Å². The Morgan fingerprint density at radius 3 is 2.94 bits per heavy atom. The Morgan fingerprint density at radius 2 is 2.35 bits per heavy atom. The number of aromatic nitrogens is 2. The van der Waals surface area contributed by atoms with Gasteiger partial charge in [-0.3, -0.25) is 5.10 Å². The first-order valence-electron chi connectivity index (χ1n) is 5.28. The van der Waals surface area contributed by atoms with Crippen LogP contribution in [0.4, 0.5) is 10.5 Å². The van der Waals surface area contributed by atoms with E-state index in [0.29, 0.717) is 5.69 Å². The summed E-state index contributed by atoms with van der Waals surface area (Å²) in [5.74, 6) is 1.55. The van der Waals surface area contributed by atoms with E-state index < -0.39 is 0 Å². The van der Waals surface area contributed by atoms with Gasteiger partial charge in [0.1, 0.15) is 11.5 Å². The molecule has 0 aliphatic carbocycles. The summed E-state index contributed by atoms with van der Waals surface area (Å²) in [4.78, 5) is 11.6. The number of anilines is 1. The fourth-order valence-electron chi connectivity index (χ4n) is 1.44. The van der Waals surface area contributed by atoms with Gasteiger partial charge in [0.15, 0.2) is 0 Å². The third kappa shape index (κ3) is 2.87. The number of hydrogen-bond acceptors (Lipinski definition) is 3. The monoisotopic (exact) mass is 234 g/mol. The van der Waals surface area contributed by atoms with E-state index in [-0.39, 0.29) is 12.1 Å². The molecule has 0 aliphatic rings. The van der Waals surface area contributed by atoms with Gasteiger partial charge in [0.25, 0.3) is 0 Å². The first-order valence-corrected chi connectivity index (χ1v) is 5.28. The van der Waals surface area contributed by atoms with E-state index in [9.17, 15) is 4.79 Å². The van der Waals surface area contributed by atoms with Crippen molar-refractivity contribution in [1.29, 1.82) is 0 Å². The lowest BCUT2D eigenvalue weighted by Crippen LogP contribution is -2.30. The van der Waals surface area contributed by atoms with E-state index in [1.807, 2.05) is 26.0 Å². The molecule has 0 bridgehead atoms. The second-order valence-corrected chi connectivity index (χ2v) is 3.76. The summed E-state index contributed by atoms with van der Waals surface area (Å²) in [6.07, 6.45) is 3.13. The number of furan rings is 1. The van der Waals surface area contributed by atoms with Gasteiger partial charge in [-0.1, -0.05) is 0 Å². The second-order valence-electron chi connectivity index (χ2n) is 3.76. The highest BCUT2D eigenvalue weighted by Gasteiger charge is 2.12. The highest BCUT2D eigenvalue weighted by Crippen LogP contribution is 2.15. The lowest BCUT2D eigenvalue weighted by atomic mass is 10.2. The highest BCUT2D eigenvalue weighted by molar-refractivity contribution is 5.89. The largest absolute Gasteiger partial charge is 0.464 e. The molecule has 2 rings (SSSR count). The van der Waals surface area contributed by atoms with Crippen molar-refractivity contribution in [3.05, 3.63) is 36.0 Å². The van der Waals surface area contributed by atoms with Gasteiger partial charge >= 0.3 is 6.03 Å². The molecular formula is C11H14N4O2. The average molecular weight is 234 g/mol. The van der Waals surface area contributed by atoms with Gasteiger partial charge in [-0.2, -0.15) is 5.10 Å². The van der Waals surface area contributed by atoms with E-state index in [2.05, 4.69) is 20.8 Å². The summed E-state index contributed by atoms with van der Waals surface area (Å²) in [6, 6.07) is 3.23. The molecule has 2 heterocycles. The lowest BCUT2D eigenvalue weighted by Gasteiger charge is -2.11. The normalized spacial score (nSPS) is 12.1. The Hall–Kier alpha value is -2.24. The minimum atomic E-state index is -0.298. The zero-order chi connectivity index (χ0) is 12.3. The molecule has 1 unspecified atom stereocenters. The van der Waals surface area contributed by atoms with Crippen LogP contribution in [0.1, 0.15) is 24.5 Å². The predicted octanol–water partition coefficient (Wildman–Crippen LogP) is 2.19. The third-order valence-electron chi connectivity index (χ3n) is 2.29. The zero-order valence-electron chi connectivity index (χ0n) is 9.65. The maximum absolute atomic E-state index is 11.6. The van der Waals surface area contributed by atoms with Crippen LogP contribution < -0.4 is 10.6 Å². The van der Waals surface area contributed by atoms with Crippen LogP contribution in [0, 0.1) is 6.92 Å². The molecule has 0 saturated carbocycles. The summed E-state index contributed by atoms with van der Waals surface area (Å²) in [6.45, 7) is 3.72. The maximum atomic E-state index is 11.6. The number of aryl methyl sites for hydroxylation is 1. The molecule has 6 nitrogen and oxygen atoms in total. The number of rotatable bonds is 3. The molecule has 0 saturated heterocycles. The Balaban J connectivity index is 1.90. The quantitative estimate of drug-likeness (QED) is 0.761. The highest BCUT2D eigenvalue weighted by atomic mass is 16.3. The van der Waals surface area contributed by atoms with Crippen molar-refractivity contribution in [3.8, 4) is 0 Å². The van der Waals surface area contributed by atoms with E-state index in [4.69, 9.17) is 4.42 Å². The molecular weight excluding hydrogens is 220 g/mol. The van der Waals surface area contributed by atoms with Crippen LogP contribution in [0.25, 0.3) is 0 Å². The van der Waals surface area contributed by atoms with Gasteiger partial charge < -0.3 is 15.1 Å². The van der Waals surface area contributed by atoms with Crippen molar-refractivity contribution in [3.63, 3.8) is 0 Å². The minimum absolute atomic E-state index is 0.185. The van der Waals surface area contributed by atoms with Crippen LogP contribution in [-0.4, -0.2) is 16.2 Å². The van der Waals surface area contributed by atoms with E-state index in [1.54, 1.807) is 6.20 Å². The average Bonchev–Trinajstić information content (AvgIpc) is 2.89. The van der Waals surface area contributed by atoms with E-state index in [0.717, 1.165) is 11.5 Å². The summed E-state index contributed by atoms with van der Waals surface area (Å²) >= 11 is 0.